The first-order valence-corrected chi connectivity index (χ1v) is 4.93. The molecule has 1 heterocycles. The number of likely N-dealkylation sites (tertiary alicyclic amines) is 1. The highest BCUT2D eigenvalue weighted by Gasteiger charge is 2.28. The lowest BCUT2D eigenvalue weighted by atomic mass is 10.1. The summed E-state index contributed by atoms with van der Waals surface area (Å²) >= 11 is 0. The Balaban J connectivity index is 2.65. The molecule has 0 aliphatic carbocycles. The number of oxime groups is 1. The Bertz CT molecular complexity index is 193. The first-order valence-electron chi connectivity index (χ1n) is 4.93. The highest BCUT2D eigenvalue weighted by molar-refractivity contribution is 5.85. The van der Waals surface area contributed by atoms with Crippen LogP contribution in [0, 0.1) is 0 Å². The lowest BCUT2D eigenvalue weighted by Gasteiger charge is -2.29. The van der Waals surface area contributed by atoms with Crippen LogP contribution >= 0.6 is 0 Å². The van der Waals surface area contributed by atoms with Gasteiger partial charge in [-0.25, -0.2) is 0 Å². The molecule has 2 atom stereocenters. The van der Waals surface area contributed by atoms with E-state index >= 15 is 0 Å². The van der Waals surface area contributed by atoms with E-state index in [1.807, 2.05) is 0 Å². The van der Waals surface area contributed by atoms with Crippen LogP contribution in [0.5, 0.6) is 0 Å². The second kappa shape index (κ2) is 4.46. The topological polar surface area (TPSA) is 61.9 Å². The van der Waals surface area contributed by atoms with Crippen molar-refractivity contribution in [1.82, 2.24) is 4.90 Å². The molecule has 0 spiro atoms. The van der Waals surface area contributed by atoms with Crippen LogP contribution in [0.15, 0.2) is 5.16 Å². The maximum absolute atomic E-state index is 8.62. The summed E-state index contributed by atoms with van der Waals surface area (Å²) < 4.78 is 0. The zero-order valence-corrected chi connectivity index (χ0v) is 8.40. The van der Waals surface area contributed by atoms with E-state index in [0.29, 0.717) is 11.9 Å². The molecule has 0 radical (unpaired) electrons. The van der Waals surface area contributed by atoms with Gasteiger partial charge in [0.15, 0.2) is 5.84 Å². The molecule has 2 unspecified atom stereocenters. The fourth-order valence-electron chi connectivity index (χ4n) is 2.10. The lowest BCUT2D eigenvalue weighted by molar-refractivity contribution is 0.222. The monoisotopic (exact) mass is 185 g/mol. The van der Waals surface area contributed by atoms with Crippen molar-refractivity contribution in [3.63, 3.8) is 0 Å². The minimum absolute atomic E-state index is 0.113. The summed E-state index contributed by atoms with van der Waals surface area (Å²) in [5.41, 5.74) is 5.63. The molecule has 13 heavy (non-hydrogen) atoms. The highest BCUT2D eigenvalue weighted by atomic mass is 16.4. The third-order valence-corrected chi connectivity index (χ3v) is 2.85. The minimum atomic E-state index is 0.113. The van der Waals surface area contributed by atoms with Crippen molar-refractivity contribution in [3.05, 3.63) is 0 Å². The smallest absolute Gasteiger partial charge is 0.156 e. The average Bonchev–Trinajstić information content (AvgIpc) is 2.53. The number of rotatable bonds is 3. The van der Waals surface area contributed by atoms with Gasteiger partial charge in [0.1, 0.15) is 0 Å². The molecule has 1 aliphatic rings. The van der Waals surface area contributed by atoms with Gasteiger partial charge in [0.25, 0.3) is 0 Å². The second-order valence-corrected chi connectivity index (χ2v) is 3.68. The van der Waals surface area contributed by atoms with Crippen molar-refractivity contribution in [3.8, 4) is 0 Å². The predicted octanol–water partition coefficient (Wildman–Crippen LogP) is 0.996. The molecule has 0 bridgehead atoms. The molecule has 1 fully saturated rings. The van der Waals surface area contributed by atoms with Gasteiger partial charge in [-0.05, 0) is 32.7 Å². The number of hydrogen-bond acceptors (Lipinski definition) is 3. The first kappa shape index (κ1) is 10.3. The van der Waals surface area contributed by atoms with Crippen LogP contribution in [0.1, 0.15) is 33.1 Å². The van der Waals surface area contributed by atoms with Gasteiger partial charge in [-0.2, -0.15) is 0 Å². The largest absolute Gasteiger partial charge is 0.409 e. The fourth-order valence-corrected chi connectivity index (χ4v) is 2.10. The van der Waals surface area contributed by atoms with Crippen LogP contribution < -0.4 is 5.73 Å². The SMILES string of the molecule is CCC(C(N)=NO)N1CCCC1C. The maximum Gasteiger partial charge on any atom is 0.156 e. The quantitative estimate of drug-likeness (QED) is 0.298. The molecule has 0 amide bonds. The maximum atomic E-state index is 8.62. The van der Waals surface area contributed by atoms with Gasteiger partial charge in [-0.1, -0.05) is 12.1 Å². The van der Waals surface area contributed by atoms with Crippen LogP contribution in [-0.2, 0) is 0 Å². The third-order valence-electron chi connectivity index (χ3n) is 2.85. The summed E-state index contributed by atoms with van der Waals surface area (Å²) in [6.07, 6.45) is 3.34. The first-order chi connectivity index (χ1) is 6.20. The zero-order valence-electron chi connectivity index (χ0n) is 8.40. The Hall–Kier alpha value is -0.770. The number of hydrogen-bond donors (Lipinski definition) is 2. The van der Waals surface area contributed by atoms with Gasteiger partial charge < -0.3 is 10.9 Å². The Morgan fingerprint density at radius 2 is 2.46 bits per heavy atom. The predicted molar refractivity (Wildman–Crippen MR) is 52.9 cm³/mol. The third kappa shape index (κ3) is 2.12. The van der Waals surface area contributed by atoms with Gasteiger partial charge in [-0.3, -0.25) is 4.90 Å². The van der Waals surface area contributed by atoms with Crippen LogP contribution in [0.3, 0.4) is 0 Å². The van der Waals surface area contributed by atoms with Crippen LogP contribution in [-0.4, -0.2) is 34.6 Å². The van der Waals surface area contributed by atoms with Gasteiger partial charge in [0, 0.05) is 6.04 Å². The van der Waals surface area contributed by atoms with Gasteiger partial charge in [0.2, 0.25) is 0 Å². The normalized spacial score (nSPS) is 27.8. The van der Waals surface area contributed by atoms with Gasteiger partial charge in [-0.15, -0.1) is 0 Å². The lowest BCUT2D eigenvalue weighted by Crippen LogP contribution is -2.46. The summed E-state index contributed by atoms with van der Waals surface area (Å²) in [4.78, 5) is 2.31. The summed E-state index contributed by atoms with van der Waals surface area (Å²) in [6.45, 7) is 5.32. The number of amidine groups is 1. The number of nitrogens with zero attached hydrogens (tertiary/aromatic N) is 2. The molecule has 4 heteroatoms. The summed E-state index contributed by atoms with van der Waals surface area (Å²) in [5.74, 6) is 0.344. The van der Waals surface area contributed by atoms with E-state index in [1.165, 1.54) is 12.8 Å². The van der Waals surface area contributed by atoms with E-state index in [0.717, 1.165) is 13.0 Å². The molecular weight excluding hydrogens is 166 g/mol. The summed E-state index contributed by atoms with van der Waals surface area (Å²) in [7, 11) is 0. The van der Waals surface area contributed by atoms with Crippen LogP contribution in [0.2, 0.25) is 0 Å². The highest BCUT2D eigenvalue weighted by Crippen LogP contribution is 2.20. The Kier molecular flexibility index (Phi) is 3.54. The van der Waals surface area contributed by atoms with E-state index in [-0.39, 0.29) is 6.04 Å². The van der Waals surface area contributed by atoms with Crippen molar-refractivity contribution < 1.29 is 5.21 Å². The molecule has 1 rings (SSSR count). The van der Waals surface area contributed by atoms with E-state index in [2.05, 4.69) is 23.9 Å². The van der Waals surface area contributed by atoms with Crippen molar-refractivity contribution in [2.75, 3.05) is 6.54 Å². The van der Waals surface area contributed by atoms with Crippen molar-refractivity contribution in [2.24, 2.45) is 10.9 Å². The van der Waals surface area contributed by atoms with Crippen molar-refractivity contribution in [2.45, 2.75) is 45.2 Å². The Labute approximate surface area is 79.4 Å². The molecule has 0 aromatic heterocycles. The van der Waals surface area contributed by atoms with E-state index in [1.54, 1.807) is 0 Å². The van der Waals surface area contributed by atoms with E-state index in [4.69, 9.17) is 10.9 Å². The summed E-state index contributed by atoms with van der Waals surface area (Å²) in [6, 6.07) is 0.674. The van der Waals surface area contributed by atoms with E-state index in [9.17, 15) is 0 Å². The van der Waals surface area contributed by atoms with Crippen LogP contribution in [0.25, 0.3) is 0 Å². The second-order valence-electron chi connectivity index (χ2n) is 3.68. The molecule has 0 aromatic rings. The molecule has 1 aliphatic heterocycles. The Morgan fingerprint density at radius 1 is 1.77 bits per heavy atom. The van der Waals surface area contributed by atoms with Gasteiger partial charge >= 0.3 is 0 Å². The standard InChI is InChI=1S/C9H19N3O/c1-3-8(9(10)11-13)12-6-4-5-7(12)2/h7-8,13H,3-6H2,1-2H3,(H2,10,11). The van der Waals surface area contributed by atoms with Gasteiger partial charge in [0.05, 0.1) is 6.04 Å². The minimum Gasteiger partial charge on any atom is -0.409 e. The van der Waals surface area contributed by atoms with Crippen LogP contribution in [0.4, 0.5) is 0 Å². The summed E-state index contributed by atoms with van der Waals surface area (Å²) in [5, 5.41) is 11.7. The Morgan fingerprint density at radius 3 is 2.85 bits per heavy atom. The van der Waals surface area contributed by atoms with Crippen molar-refractivity contribution >= 4 is 5.84 Å². The molecule has 3 N–H and O–H groups in total. The van der Waals surface area contributed by atoms with Crippen molar-refractivity contribution in [1.29, 1.82) is 0 Å². The molecule has 1 saturated heterocycles. The van der Waals surface area contributed by atoms with E-state index < -0.39 is 0 Å². The molecule has 4 nitrogen and oxygen atoms in total. The fraction of sp³-hybridized carbons (Fsp3) is 0.889. The molecule has 0 saturated carbocycles. The molecule has 76 valence electrons. The molecule has 0 aromatic carbocycles. The molecular formula is C9H19N3O. The zero-order chi connectivity index (χ0) is 9.84. The average molecular weight is 185 g/mol. The number of nitrogens with two attached hydrogens (primary N) is 1.